The number of halogens is 3. The standard InChI is InChI=1S/C24H37N3O6S.C7H5F3/c1-17(2)33-20-9-7-18(8-10-20)16-21(23(28)25-19-11-14-32-15-12-19)26-24(29)22-6-4-5-13-27(22)34(3,30)31;8-7(9,10)6-4-2-1-3-5-6/h7-10,17,19,21-22H,4-6,11-16H2,1-3H3,(H,25,28)(H,26,29);1-5H/t21-,22-;/m0./s1. The van der Waals surface area contributed by atoms with Crippen LogP contribution in [0.1, 0.15) is 57.1 Å². The first-order valence-electron chi connectivity index (χ1n) is 14.8. The van der Waals surface area contributed by atoms with Crippen LogP contribution in [0.25, 0.3) is 0 Å². The van der Waals surface area contributed by atoms with Gasteiger partial charge in [-0.25, -0.2) is 8.42 Å². The summed E-state index contributed by atoms with van der Waals surface area (Å²) in [6.45, 7) is 5.39. The van der Waals surface area contributed by atoms with Crippen LogP contribution in [0.5, 0.6) is 5.75 Å². The lowest BCUT2D eigenvalue weighted by Crippen LogP contribution is -2.57. The van der Waals surface area contributed by atoms with Crippen molar-refractivity contribution in [2.24, 2.45) is 0 Å². The van der Waals surface area contributed by atoms with Gasteiger partial charge in [-0.2, -0.15) is 17.5 Å². The highest BCUT2D eigenvalue weighted by Crippen LogP contribution is 2.28. The first kappa shape index (κ1) is 35.3. The van der Waals surface area contributed by atoms with E-state index >= 15 is 0 Å². The van der Waals surface area contributed by atoms with Gasteiger partial charge >= 0.3 is 6.18 Å². The van der Waals surface area contributed by atoms with Gasteiger partial charge < -0.3 is 20.1 Å². The van der Waals surface area contributed by atoms with E-state index in [2.05, 4.69) is 10.6 Å². The van der Waals surface area contributed by atoms with Crippen molar-refractivity contribution in [2.75, 3.05) is 26.0 Å². The summed E-state index contributed by atoms with van der Waals surface area (Å²) >= 11 is 0. The second kappa shape index (κ2) is 16.2. The maximum atomic E-state index is 13.2. The molecule has 0 unspecified atom stereocenters. The zero-order valence-corrected chi connectivity index (χ0v) is 26.1. The molecule has 2 aliphatic rings. The largest absolute Gasteiger partial charge is 0.491 e. The van der Waals surface area contributed by atoms with Crippen molar-refractivity contribution < 1.29 is 40.7 Å². The predicted octanol–water partition coefficient (Wildman–Crippen LogP) is 4.32. The number of rotatable bonds is 9. The number of hydrogen-bond donors (Lipinski definition) is 2. The lowest BCUT2D eigenvalue weighted by Gasteiger charge is -2.34. The molecule has 2 heterocycles. The average molecular weight is 642 g/mol. The number of hydrogen-bond acceptors (Lipinski definition) is 6. The topological polar surface area (TPSA) is 114 Å². The van der Waals surface area contributed by atoms with Crippen molar-refractivity contribution in [3.63, 3.8) is 0 Å². The Morgan fingerprint density at radius 1 is 1.00 bits per heavy atom. The number of ether oxygens (including phenoxy) is 2. The van der Waals surface area contributed by atoms with Crippen LogP contribution >= 0.6 is 0 Å². The number of piperidine rings is 1. The Morgan fingerprint density at radius 2 is 1.64 bits per heavy atom. The van der Waals surface area contributed by atoms with E-state index < -0.39 is 39.8 Å². The van der Waals surface area contributed by atoms with Crippen molar-refractivity contribution in [1.29, 1.82) is 0 Å². The van der Waals surface area contributed by atoms with Crippen LogP contribution in [-0.2, 0) is 36.9 Å². The normalized spacial score (nSPS) is 18.9. The maximum Gasteiger partial charge on any atom is 0.416 e. The summed E-state index contributed by atoms with van der Waals surface area (Å²) < 4.78 is 72.1. The summed E-state index contributed by atoms with van der Waals surface area (Å²) in [5, 5.41) is 5.89. The van der Waals surface area contributed by atoms with E-state index in [-0.39, 0.29) is 24.5 Å². The first-order chi connectivity index (χ1) is 20.7. The Balaban J connectivity index is 0.000000448. The van der Waals surface area contributed by atoms with Gasteiger partial charge in [0.15, 0.2) is 0 Å². The highest BCUT2D eigenvalue weighted by molar-refractivity contribution is 7.88. The number of carbonyl (C=O) groups excluding carboxylic acids is 2. The lowest BCUT2D eigenvalue weighted by molar-refractivity contribution is -0.137. The van der Waals surface area contributed by atoms with E-state index in [1.807, 2.05) is 38.1 Å². The fourth-order valence-corrected chi connectivity index (χ4v) is 6.15. The number of alkyl halides is 3. The van der Waals surface area contributed by atoms with Crippen molar-refractivity contribution in [2.45, 2.75) is 82.8 Å². The van der Waals surface area contributed by atoms with Crippen molar-refractivity contribution in [1.82, 2.24) is 14.9 Å². The van der Waals surface area contributed by atoms with Crippen LogP contribution in [0.2, 0.25) is 0 Å². The van der Waals surface area contributed by atoms with E-state index in [0.717, 1.165) is 55.4 Å². The molecular weight excluding hydrogens is 599 g/mol. The predicted molar refractivity (Wildman–Crippen MR) is 160 cm³/mol. The van der Waals surface area contributed by atoms with Crippen LogP contribution in [0.15, 0.2) is 54.6 Å². The second-order valence-electron chi connectivity index (χ2n) is 11.2. The summed E-state index contributed by atoms with van der Waals surface area (Å²) in [6, 6.07) is 12.2. The Morgan fingerprint density at radius 3 is 2.18 bits per heavy atom. The van der Waals surface area contributed by atoms with E-state index in [1.165, 1.54) is 16.4 Å². The summed E-state index contributed by atoms with van der Waals surface area (Å²) in [7, 11) is -3.53. The number of nitrogens with zero attached hydrogens (tertiary/aromatic N) is 1. The van der Waals surface area contributed by atoms with E-state index in [1.54, 1.807) is 6.07 Å². The molecule has 2 aliphatic heterocycles. The summed E-state index contributed by atoms with van der Waals surface area (Å²) in [5.74, 6) is 0.0264. The Hall–Kier alpha value is -3.16. The van der Waals surface area contributed by atoms with Crippen LogP contribution in [0.4, 0.5) is 13.2 Å². The Bertz CT molecular complexity index is 1300. The van der Waals surface area contributed by atoms with Crippen LogP contribution in [0, 0.1) is 0 Å². The number of nitrogens with one attached hydrogen (secondary N) is 2. The minimum atomic E-state index is -4.21. The third-order valence-electron chi connectivity index (χ3n) is 7.22. The smallest absolute Gasteiger partial charge is 0.416 e. The summed E-state index contributed by atoms with van der Waals surface area (Å²) in [5.41, 5.74) is 0.266. The molecule has 2 saturated heterocycles. The molecule has 2 atom stereocenters. The molecular formula is C31H42F3N3O6S. The molecule has 0 saturated carbocycles. The van der Waals surface area contributed by atoms with Gasteiger partial charge in [0, 0.05) is 32.2 Å². The third-order valence-corrected chi connectivity index (χ3v) is 8.51. The van der Waals surface area contributed by atoms with E-state index in [4.69, 9.17) is 9.47 Å². The van der Waals surface area contributed by atoms with Gasteiger partial charge in [0.25, 0.3) is 0 Å². The molecule has 0 spiro atoms. The van der Waals surface area contributed by atoms with Crippen molar-refractivity contribution in [3.8, 4) is 5.75 Å². The Labute approximate surface area is 257 Å². The number of carbonyl (C=O) groups is 2. The highest BCUT2D eigenvalue weighted by atomic mass is 32.2. The van der Waals surface area contributed by atoms with E-state index in [0.29, 0.717) is 26.2 Å². The van der Waals surface area contributed by atoms with Gasteiger partial charge in [-0.1, -0.05) is 48.9 Å². The molecule has 0 radical (unpaired) electrons. The molecule has 2 aromatic carbocycles. The maximum absolute atomic E-state index is 13.2. The van der Waals surface area contributed by atoms with Crippen LogP contribution in [0.3, 0.4) is 0 Å². The van der Waals surface area contributed by atoms with Gasteiger partial charge in [-0.3, -0.25) is 9.59 Å². The number of sulfonamides is 1. The van der Waals surface area contributed by atoms with Gasteiger partial charge in [0.05, 0.1) is 17.9 Å². The summed E-state index contributed by atoms with van der Waals surface area (Å²) in [6.07, 6.45) is 0.612. The Kier molecular flexibility index (Phi) is 13.0. The summed E-state index contributed by atoms with van der Waals surface area (Å²) in [4.78, 5) is 26.4. The zero-order chi connectivity index (χ0) is 32.3. The minimum Gasteiger partial charge on any atom is -0.491 e. The van der Waals surface area contributed by atoms with Gasteiger partial charge in [-0.05, 0) is 57.2 Å². The molecule has 0 bridgehead atoms. The zero-order valence-electron chi connectivity index (χ0n) is 25.3. The molecule has 0 aromatic heterocycles. The molecule has 13 heteroatoms. The van der Waals surface area contributed by atoms with Gasteiger partial charge in [0.2, 0.25) is 21.8 Å². The molecule has 4 rings (SSSR count). The van der Waals surface area contributed by atoms with Crippen molar-refractivity contribution in [3.05, 3.63) is 65.7 Å². The third kappa shape index (κ3) is 11.4. The average Bonchev–Trinajstić information content (AvgIpc) is 2.98. The monoisotopic (exact) mass is 641 g/mol. The molecule has 9 nitrogen and oxygen atoms in total. The SMILES string of the molecule is CC(C)Oc1ccc(C[C@H](NC(=O)[C@@H]2CCCCN2S(C)(=O)=O)C(=O)NC2CCOCC2)cc1.FC(F)(F)c1ccccc1. The second-order valence-corrected chi connectivity index (χ2v) is 13.2. The van der Waals surface area contributed by atoms with Crippen molar-refractivity contribution >= 4 is 21.8 Å². The van der Waals surface area contributed by atoms with Gasteiger partial charge in [0.1, 0.15) is 17.8 Å². The molecule has 44 heavy (non-hydrogen) atoms. The molecule has 2 fully saturated rings. The number of benzene rings is 2. The van der Waals surface area contributed by atoms with Crippen LogP contribution < -0.4 is 15.4 Å². The molecule has 2 N–H and O–H groups in total. The fraction of sp³-hybridized carbons (Fsp3) is 0.548. The fourth-order valence-electron chi connectivity index (χ4n) is 5.02. The first-order valence-corrected chi connectivity index (χ1v) is 16.6. The molecule has 0 aliphatic carbocycles. The molecule has 244 valence electrons. The quantitative estimate of drug-likeness (QED) is 0.422. The lowest BCUT2D eigenvalue weighted by atomic mass is 10.0. The van der Waals surface area contributed by atoms with E-state index in [9.17, 15) is 31.2 Å². The number of amides is 2. The molecule has 2 aromatic rings. The molecule has 2 amide bonds. The van der Waals surface area contributed by atoms with Crippen LogP contribution in [-0.4, -0.2) is 74.8 Å². The minimum absolute atomic E-state index is 0.00957. The highest BCUT2D eigenvalue weighted by Gasteiger charge is 2.36. The van der Waals surface area contributed by atoms with Gasteiger partial charge in [-0.15, -0.1) is 0 Å².